The quantitative estimate of drug-likeness (QED) is 0.464. The topological polar surface area (TPSA) is 57.3 Å². The largest absolute Gasteiger partial charge is 0.321 e. The summed E-state index contributed by atoms with van der Waals surface area (Å²) < 4.78 is 14.6. The average molecular weight is 447 g/mol. The number of hydrogen-bond donors (Lipinski definition) is 2. The van der Waals surface area contributed by atoms with Crippen LogP contribution >= 0.6 is 11.3 Å². The predicted octanol–water partition coefficient (Wildman–Crippen LogP) is 4.76. The van der Waals surface area contributed by atoms with Crippen LogP contribution < -0.4 is 10.6 Å². The highest BCUT2D eigenvalue weighted by atomic mass is 32.1. The molecule has 1 aliphatic heterocycles. The smallest absolute Gasteiger partial charge is 0.255 e. The molecule has 2 heterocycles. The van der Waals surface area contributed by atoms with Crippen LogP contribution in [0.3, 0.4) is 0 Å². The lowest BCUT2D eigenvalue weighted by Gasteiger charge is -2.27. The number of nitrogens with zero attached hydrogens (tertiary/aromatic N) is 2. The van der Waals surface area contributed by atoms with E-state index >= 15 is 0 Å². The number of carbonyl (C=O) groups excluding carboxylic acids is 1. The third-order valence-electron chi connectivity index (χ3n) is 5.56. The van der Waals surface area contributed by atoms with Gasteiger partial charge in [-0.1, -0.05) is 24.3 Å². The molecule has 5 nitrogen and oxygen atoms in total. The molecule has 0 bridgehead atoms. The number of thiazole rings is 1. The van der Waals surface area contributed by atoms with Crippen LogP contribution in [0.25, 0.3) is 20.8 Å². The summed E-state index contributed by atoms with van der Waals surface area (Å²) in [5.74, 6) is -0.787. The Morgan fingerprint density at radius 2 is 1.91 bits per heavy atom. The van der Waals surface area contributed by atoms with Gasteiger partial charge in [-0.25, -0.2) is 9.37 Å². The predicted molar refractivity (Wildman–Crippen MR) is 128 cm³/mol. The summed E-state index contributed by atoms with van der Waals surface area (Å²) in [5, 5.41) is 7.14. The first-order valence-electron chi connectivity index (χ1n) is 10.6. The molecular formula is C25H23FN4OS. The van der Waals surface area contributed by atoms with Gasteiger partial charge in [-0.15, -0.1) is 11.3 Å². The maximum absolute atomic E-state index is 13.5. The summed E-state index contributed by atoms with van der Waals surface area (Å²) in [5.41, 5.74) is 4.01. The van der Waals surface area contributed by atoms with Crippen LogP contribution in [0.15, 0.2) is 66.7 Å². The van der Waals surface area contributed by atoms with Gasteiger partial charge >= 0.3 is 0 Å². The highest BCUT2D eigenvalue weighted by molar-refractivity contribution is 7.21. The second-order valence-electron chi connectivity index (χ2n) is 7.86. The third kappa shape index (κ3) is 4.55. The molecular weight excluding hydrogens is 423 g/mol. The van der Waals surface area contributed by atoms with Crippen LogP contribution in [0.4, 0.5) is 10.1 Å². The number of rotatable bonds is 5. The number of benzene rings is 3. The van der Waals surface area contributed by atoms with E-state index in [1.54, 1.807) is 17.4 Å². The summed E-state index contributed by atoms with van der Waals surface area (Å²) in [7, 11) is 0. The summed E-state index contributed by atoms with van der Waals surface area (Å²) >= 11 is 1.61. The summed E-state index contributed by atoms with van der Waals surface area (Å²) in [6.45, 7) is 5.12. The highest BCUT2D eigenvalue weighted by Gasteiger charge is 2.15. The maximum atomic E-state index is 13.5. The second kappa shape index (κ2) is 9.16. The Morgan fingerprint density at radius 1 is 1.06 bits per heavy atom. The van der Waals surface area contributed by atoms with Gasteiger partial charge in [0.25, 0.3) is 5.91 Å². The van der Waals surface area contributed by atoms with Crippen LogP contribution in [0.2, 0.25) is 0 Å². The van der Waals surface area contributed by atoms with E-state index in [1.165, 1.54) is 23.8 Å². The van der Waals surface area contributed by atoms with Crippen molar-refractivity contribution in [3.8, 4) is 10.6 Å². The number of fused-ring (bicyclic) bond motifs is 1. The van der Waals surface area contributed by atoms with Gasteiger partial charge in [0, 0.05) is 43.9 Å². The molecule has 1 amide bonds. The minimum absolute atomic E-state index is 0.279. The first-order chi connectivity index (χ1) is 15.7. The normalized spacial score (nSPS) is 14.5. The van der Waals surface area contributed by atoms with Gasteiger partial charge in [0.2, 0.25) is 0 Å². The van der Waals surface area contributed by atoms with Crippen molar-refractivity contribution in [2.45, 2.75) is 6.54 Å². The van der Waals surface area contributed by atoms with Crippen molar-refractivity contribution < 1.29 is 9.18 Å². The van der Waals surface area contributed by atoms with Crippen molar-refractivity contribution in [1.82, 2.24) is 15.2 Å². The Balaban J connectivity index is 1.40. The number of piperazine rings is 1. The Morgan fingerprint density at radius 3 is 2.75 bits per heavy atom. The second-order valence-corrected chi connectivity index (χ2v) is 8.89. The fraction of sp³-hybridized carbons (Fsp3) is 0.200. The van der Waals surface area contributed by atoms with Gasteiger partial charge in [-0.2, -0.15) is 0 Å². The monoisotopic (exact) mass is 446 g/mol. The fourth-order valence-electron chi connectivity index (χ4n) is 3.91. The molecule has 162 valence electrons. The number of halogens is 1. The minimum Gasteiger partial charge on any atom is -0.321 e. The molecule has 1 saturated heterocycles. The van der Waals surface area contributed by atoms with E-state index in [0.717, 1.165) is 53.5 Å². The molecule has 0 saturated carbocycles. The molecule has 32 heavy (non-hydrogen) atoms. The number of nitrogens with one attached hydrogen (secondary N) is 2. The third-order valence-corrected chi connectivity index (χ3v) is 6.61. The molecule has 3 aromatic carbocycles. The van der Waals surface area contributed by atoms with Crippen molar-refractivity contribution in [2.75, 3.05) is 31.5 Å². The molecule has 1 aliphatic rings. The number of amides is 1. The van der Waals surface area contributed by atoms with E-state index in [0.29, 0.717) is 5.69 Å². The molecule has 0 atom stereocenters. The molecule has 0 spiro atoms. The fourth-order valence-corrected chi connectivity index (χ4v) is 4.98. The van der Waals surface area contributed by atoms with Gasteiger partial charge in [0.1, 0.15) is 10.8 Å². The van der Waals surface area contributed by atoms with Crippen molar-refractivity contribution in [1.29, 1.82) is 0 Å². The number of hydrogen-bond acceptors (Lipinski definition) is 5. The Kier molecular flexibility index (Phi) is 5.94. The van der Waals surface area contributed by atoms with Crippen LogP contribution in [0, 0.1) is 5.82 Å². The van der Waals surface area contributed by atoms with Crippen LogP contribution in [-0.4, -0.2) is 42.0 Å². The molecule has 0 radical (unpaired) electrons. The standard InChI is InChI=1S/C25H23FN4OS/c26-19-5-3-4-18(15-19)24(31)28-21-7-2-1-6-20(21)25-29-22-9-8-17(14-23(22)32-25)16-30-12-10-27-11-13-30/h1-9,14-15,27H,10-13,16H2,(H,28,31). The molecule has 5 rings (SSSR count). The maximum Gasteiger partial charge on any atom is 0.255 e. The van der Waals surface area contributed by atoms with Gasteiger partial charge in [0.05, 0.1) is 15.9 Å². The van der Waals surface area contributed by atoms with Crippen molar-refractivity contribution in [3.63, 3.8) is 0 Å². The van der Waals surface area contributed by atoms with Crippen LogP contribution in [0.1, 0.15) is 15.9 Å². The SMILES string of the molecule is O=C(Nc1ccccc1-c1nc2ccc(CN3CCNCC3)cc2s1)c1cccc(F)c1. The lowest BCUT2D eigenvalue weighted by molar-refractivity contribution is 0.102. The van der Waals surface area contributed by atoms with Crippen LogP contribution in [0.5, 0.6) is 0 Å². The highest BCUT2D eigenvalue weighted by Crippen LogP contribution is 2.35. The van der Waals surface area contributed by atoms with E-state index in [2.05, 4.69) is 33.7 Å². The number of para-hydroxylation sites is 1. The zero-order chi connectivity index (χ0) is 21.9. The van der Waals surface area contributed by atoms with Crippen molar-refractivity contribution >= 4 is 33.1 Å². The summed E-state index contributed by atoms with van der Waals surface area (Å²) in [4.78, 5) is 19.9. The van der Waals surface area contributed by atoms with Crippen molar-refractivity contribution in [2.24, 2.45) is 0 Å². The van der Waals surface area contributed by atoms with Crippen LogP contribution in [-0.2, 0) is 6.54 Å². The molecule has 0 unspecified atom stereocenters. The first kappa shape index (κ1) is 20.8. The molecule has 7 heteroatoms. The molecule has 0 aliphatic carbocycles. The van der Waals surface area contributed by atoms with Crippen molar-refractivity contribution in [3.05, 3.63) is 83.7 Å². The Labute approximate surface area is 189 Å². The first-order valence-corrected chi connectivity index (χ1v) is 11.5. The van der Waals surface area contributed by atoms with E-state index < -0.39 is 5.82 Å². The van der Waals surface area contributed by atoms with Gasteiger partial charge in [-0.3, -0.25) is 9.69 Å². The minimum atomic E-state index is -0.436. The zero-order valence-corrected chi connectivity index (χ0v) is 18.3. The van der Waals surface area contributed by atoms with E-state index in [1.807, 2.05) is 24.3 Å². The average Bonchev–Trinajstić information content (AvgIpc) is 3.23. The summed E-state index contributed by atoms with van der Waals surface area (Å²) in [6.07, 6.45) is 0. The Bertz CT molecular complexity index is 1270. The van der Waals surface area contributed by atoms with Gasteiger partial charge < -0.3 is 10.6 Å². The van der Waals surface area contributed by atoms with Gasteiger partial charge in [0.15, 0.2) is 0 Å². The molecule has 2 N–H and O–H groups in total. The molecule has 1 fully saturated rings. The molecule has 4 aromatic rings. The zero-order valence-electron chi connectivity index (χ0n) is 17.5. The summed E-state index contributed by atoms with van der Waals surface area (Å²) in [6, 6.07) is 19.7. The van der Waals surface area contributed by atoms with E-state index in [-0.39, 0.29) is 11.5 Å². The lowest BCUT2D eigenvalue weighted by atomic mass is 10.1. The number of aromatic nitrogens is 1. The Hall–Kier alpha value is -3.13. The molecule has 1 aromatic heterocycles. The number of anilines is 1. The van der Waals surface area contributed by atoms with E-state index in [9.17, 15) is 9.18 Å². The number of carbonyl (C=O) groups is 1. The van der Waals surface area contributed by atoms with Gasteiger partial charge in [-0.05, 0) is 48.0 Å². The van der Waals surface area contributed by atoms with E-state index in [4.69, 9.17) is 4.98 Å². The lowest BCUT2D eigenvalue weighted by Crippen LogP contribution is -2.42.